The topological polar surface area (TPSA) is 114 Å². The molecule has 2 aromatic heterocycles. The first-order chi connectivity index (χ1) is 15.0. The van der Waals surface area contributed by atoms with Crippen LogP contribution >= 0.6 is 0 Å². The Morgan fingerprint density at radius 2 is 1.77 bits per heavy atom. The van der Waals surface area contributed by atoms with Crippen molar-refractivity contribution < 1.29 is 0 Å². The van der Waals surface area contributed by atoms with Crippen LogP contribution in [-0.2, 0) is 7.05 Å². The number of piperidine rings is 1. The lowest BCUT2D eigenvalue weighted by Crippen LogP contribution is -2.40. The molecule has 2 aliphatic heterocycles. The molecule has 4 N–H and O–H groups in total. The molecule has 0 aliphatic carbocycles. The number of fused-ring (bicyclic) bond motifs is 1. The van der Waals surface area contributed by atoms with Gasteiger partial charge in [-0.1, -0.05) is 12.1 Å². The number of nitrogens with two attached hydrogens (primary N) is 2. The predicted molar refractivity (Wildman–Crippen MR) is 123 cm³/mol. The van der Waals surface area contributed by atoms with Gasteiger partial charge in [-0.25, -0.2) is 9.97 Å². The number of aryl methyl sites for hydroxylation is 1. The molecule has 0 amide bonds. The van der Waals surface area contributed by atoms with Crippen molar-refractivity contribution in [3.05, 3.63) is 47.9 Å². The number of benzene rings is 1. The minimum Gasteiger partial charge on any atom is -0.399 e. The van der Waals surface area contributed by atoms with Gasteiger partial charge in [-0.05, 0) is 25.0 Å². The third-order valence-corrected chi connectivity index (χ3v) is 6.14. The Morgan fingerprint density at radius 1 is 1.03 bits per heavy atom. The Balaban J connectivity index is 1.57. The van der Waals surface area contributed by atoms with Gasteiger partial charge in [0.25, 0.3) is 0 Å². The van der Waals surface area contributed by atoms with Crippen molar-refractivity contribution in [3.63, 3.8) is 0 Å². The number of anilines is 3. The zero-order valence-electron chi connectivity index (χ0n) is 17.8. The molecule has 0 saturated carbocycles. The van der Waals surface area contributed by atoms with E-state index in [1.807, 2.05) is 61.7 Å². The van der Waals surface area contributed by atoms with Crippen LogP contribution in [-0.4, -0.2) is 52.1 Å². The van der Waals surface area contributed by atoms with E-state index in [-0.39, 0.29) is 12.2 Å². The maximum absolute atomic E-state index is 6.08. The Kier molecular flexibility index (Phi) is 4.82. The van der Waals surface area contributed by atoms with Crippen LogP contribution in [0.15, 0.2) is 41.7 Å². The lowest BCUT2D eigenvalue weighted by Gasteiger charge is -2.32. The fourth-order valence-electron chi connectivity index (χ4n) is 4.21. The molecule has 9 nitrogen and oxygen atoms in total. The van der Waals surface area contributed by atoms with Gasteiger partial charge in [-0.15, -0.1) is 0 Å². The monoisotopic (exact) mass is 417 g/mol. The Morgan fingerprint density at radius 3 is 2.52 bits per heavy atom. The van der Waals surface area contributed by atoms with E-state index >= 15 is 0 Å². The third-order valence-electron chi connectivity index (χ3n) is 6.14. The van der Waals surface area contributed by atoms with Crippen molar-refractivity contribution in [1.29, 1.82) is 0 Å². The minimum absolute atomic E-state index is 0.243. The SMILES string of the molecule is CN1c2cnn(C)c2C=NC1c1cnc(N2CCC(N)CC2)nc1-c1ccc(N)cc1. The first kappa shape index (κ1) is 19.5. The van der Waals surface area contributed by atoms with Gasteiger partial charge in [0.15, 0.2) is 6.17 Å². The van der Waals surface area contributed by atoms with Crippen LogP contribution in [0.2, 0.25) is 0 Å². The Hall–Kier alpha value is -3.46. The fourth-order valence-corrected chi connectivity index (χ4v) is 4.21. The van der Waals surface area contributed by atoms with Crippen molar-refractivity contribution in [2.75, 3.05) is 35.7 Å². The van der Waals surface area contributed by atoms with E-state index in [2.05, 4.69) is 14.9 Å². The first-order valence-corrected chi connectivity index (χ1v) is 10.5. The van der Waals surface area contributed by atoms with Crippen molar-refractivity contribution >= 4 is 23.5 Å². The number of nitrogen functional groups attached to an aromatic ring is 1. The Labute approximate surface area is 181 Å². The van der Waals surface area contributed by atoms with Gasteiger partial charge in [0.2, 0.25) is 5.95 Å². The zero-order chi connectivity index (χ0) is 21.5. The fraction of sp³-hybridized carbons (Fsp3) is 0.364. The summed E-state index contributed by atoms with van der Waals surface area (Å²) in [6, 6.07) is 8.05. The lowest BCUT2D eigenvalue weighted by atomic mass is 10.0. The zero-order valence-corrected chi connectivity index (χ0v) is 17.8. The maximum atomic E-state index is 6.08. The average molecular weight is 418 g/mol. The van der Waals surface area contributed by atoms with Crippen LogP contribution in [0.1, 0.15) is 30.3 Å². The molecule has 1 unspecified atom stereocenters. The van der Waals surface area contributed by atoms with Crippen molar-refractivity contribution in [2.45, 2.75) is 25.0 Å². The lowest BCUT2D eigenvalue weighted by molar-refractivity contribution is 0.495. The number of hydrogen-bond donors (Lipinski definition) is 2. The molecule has 5 rings (SSSR count). The van der Waals surface area contributed by atoms with Crippen LogP contribution < -0.4 is 21.3 Å². The number of nitrogens with zero attached hydrogens (tertiary/aromatic N) is 7. The van der Waals surface area contributed by atoms with Crippen molar-refractivity contribution in [1.82, 2.24) is 19.7 Å². The van der Waals surface area contributed by atoms with Crippen LogP contribution in [0.4, 0.5) is 17.3 Å². The molecule has 9 heteroatoms. The molecule has 0 radical (unpaired) electrons. The normalized spacial score (nSPS) is 19.0. The molecule has 31 heavy (non-hydrogen) atoms. The molecule has 1 aromatic carbocycles. The second-order valence-electron chi connectivity index (χ2n) is 8.22. The summed E-state index contributed by atoms with van der Waals surface area (Å²) in [6.45, 7) is 1.73. The number of rotatable bonds is 3. The second kappa shape index (κ2) is 7.66. The highest BCUT2D eigenvalue weighted by molar-refractivity contribution is 5.88. The quantitative estimate of drug-likeness (QED) is 0.626. The van der Waals surface area contributed by atoms with Crippen molar-refractivity contribution in [2.24, 2.45) is 17.8 Å². The molecule has 3 aromatic rings. The van der Waals surface area contributed by atoms with Crippen LogP contribution in [0.3, 0.4) is 0 Å². The minimum atomic E-state index is -0.243. The van der Waals surface area contributed by atoms with Crippen LogP contribution in [0.25, 0.3) is 11.3 Å². The third kappa shape index (κ3) is 3.50. The highest BCUT2D eigenvalue weighted by Crippen LogP contribution is 2.37. The molecular formula is C22H27N9. The van der Waals surface area contributed by atoms with Crippen LogP contribution in [0.5, 0.6) is 0 Å². The molecule has 1 fully saturated rings. The van der Waals surface area contributed by atoms with E-state index in [9.17, 15) is 0 Å². The molecule has 1 saturated heterocycles. The van der Waals surface area contributed by atoms with E-state index < -0.39 is 0 Å². The predicted octanol–water partition coefficient (Wildman–Crippen LogP) is 1.95. The van der Waals surface area contributed by atoms with Gasteiger partial charge in [0.1, 0.15) is 5.69 Å². The van der Waals surface area contributed by atoms with Gasteiger partial charge in [0.05, 0.1) is 23.8 Å². The maximum Gasteiger partial charge on any atom is 0.225 e. The summed E-state index contributed by atoms with van der Waals surface area (Å²) in [4.78, 5) is 18.9. The van der Waals surface area contributed by atoms with Gasteiger partial charge in [-0.2, -0.15) is 5.10 Å². The second-order valence-corrected chi connectivity index (χ2v) is 8.22. The highest BCUT2D eigenvalue weighted by Gasteiger charge is 2.29. The van der Waals surface area contributed by atoms with E-state index in [4.69, 9.17) is 26.4 Å². The summed E-state index contributed by atoms with van der Waals surface area (Å²) >= 11 is 0. The summed E-state index contributed by atoms with van der Waals surface area (Å²) < 4.78 is 1.83. The smallest absolute Gasteiger partial charge is 0.225 e. The van der Waals surface area contributed by atoms with Gasteiger partial charge >= 0.3 is 0 Å². The molecule has 0 bridgehead atoms. The molecule has 1 atom stereocenters. The van der Waals surface area contributed by atoms with E-state index in [0.717, 1.165) is 65.8 Å². The number of aliphatic imine (C=N–C) groups is 1. The molecule has 4 heterocycles. The first-order valence-electron chi connectivity index (χ1n) is 10.5. The molecular weight excluding hydrogens is 390 g/mol. The highest BCUT2D eigenvalue weighted by atomic mass is 15.3. The van der Waals surface area contributed by atoms with Gasteiger partial charge in [0, 0.05) is 56.2 Å². The van der Waals surface area contributed by atoms with Crippen LogP contribution in [0, 0.1) is 0 Å². The van der Waals surface area contributed by atoms with E-state index in [1.54, 1.807) is 0 Å². The van der Waals surface area contributed by atoms with Gasteiger partial charge < -0.3 is 21.3 Å². The number of aromatic nitrogens is 4. The average Bonchev–Trinajstić information content (AvgIpc) is 3.17. The number of hydrogen-bond acceptors (Lipinski definition) is 8. The summed E-state index contributed by atoms with van der Waals surface area (Å²) in [5.41, 5.74) is 17.5. The summed E-state index contributed by atoms with van der Waals surface area (Å²) in [5.74, 6) is 0.729. The molecule has 2 aliphatic rings. The standard InChI is InChI=1S/C22H27N9/c1-29-18-13-27-30(2)19(18)12-25-21(29)17-11-26-22(31-9-7-16(24)8-10-31)28-20(17)14-3-5-15(23)6-4-14/h3-6,11-13,16,21H,7-10,23-24H2,1-2H3. The largest absolute Gasteiger partial charge is 0.399 e. The summed E-state index contributed by atoms with van der Waals surface area (Å²) in [6.07, 6.45) is 7.29. The summed E-state index contributed by atoms with van der Waals surface area (Å²) in [7, 11) is 3.94. The summed E-state index contributed by atoms with van der Waals surface area (Å²) in [5, 5.41) is 4.37. The molecule has 0 spiro atoms. The molecule has 160 valence electrons. The van der Waals surface area contributed by atoms with Crippen molar-refractivity contribution in [3.8, 4) is 11.3 Å². The van der Waals surface area contributed by atoms with E-state index in [1.165, 1.54) is 0 Å². The Bertz CT molecular complexity index is 1110. The van der Waals surface area contributed by atoms with Gasteiger partial charge in [-0.3, -0.25) is 9.67 Å². The van der Waals surface area contributed by atoms with E-state index in [0.29, 0.717) is 0 Å².